The van der Waals surface area contributed by atoms with Crippen LogP contribution in [0.1, 0.15) is 24.6 Å². The van der Waals surface area contributed by atoms with Gasteiger partial charge in [0.25, 0.3) is 0 Å². The van der Waals surface area contributed by atoms with Gasteiger partial charge in [-0.05, 0) is 25.0 Å². The topological polar surface area (TPSA) is 73.4 Å². The van der Waals surface area contributed by atoms with Crippen LogP contribution in [0.5, 0.6) is 0 Å². The van der Waals surface area contributed by atoms with Crippen molar-refractivity contribution in [3.63, 3.8) is 0 Å². The highest BCUT2D eigenvalue weighted by Gasteiger charge is 2.29. The van der Waals surface area contributed by atoms with E-state index in [1.54, 1.807) is 4.90 Å². The van der Waals surface area contributed by atoms with Gasteiger partial charge < -0.3 is 15.0 Å². The van der Waals surface area contributed by atoms with Gasteiger partial charge in [-0.25, -0.2) is 4.79 Å². The molecule has 0 spiro atoms. The number of carboxylic acid groups (broad SMARTS) is 1. The van der Waals surface area contributed by atoms with Crippen molar-refractivity contribution >= 4 is 11.9 Å². The van der Waals surface area contributed by atoms with Gasteiger partial charge >= 0.3 is 5.97 Å². The monoisotopic (exact) mass is 234 g/mol. The molecule has 0 radical (unpaired) electrons. The van der Waals surface area contributed by atoms with Crippen molar-refractivity contribution in [3.8, 4) is 0 Å². The van der Waals surface area contributed by atoms with E-state index in [1.165, 1.54) is 0 Å². The second kappa shape index (κ2) is 4.86. The molecule has 5 nitrogen and oxygen atoms in total. The van der Waals surface area contributed by atoms with E-state index in [1.807, 2.05) is 18.3 Å². The van der Waals surface area contributed by atoms with Crippen LogP contribution in [0.2, 0.25) is 0 Å². The van der Waals surface area contributed by atoms with Crippen molar-refractivity contribution in [1.29, 1.82) is 0 Å². The number of carboxylic acids is 1. The van der Waals surface area contributed by atoms with E-state index < -0.39 is 5.97 Å². The number of aliphatic carboxylic acids is 1. The minimum absolute atomic E-state index is 0.0379. The van der Waals surface area contributed by atoms with Crippen LogP contribution in [-0.4, -0.2) is 33.4 Å². The van der Waals surface area contributed by atoms with Gasteiger partial charge in [0.15, 0.2) is 0 Å². The van der Waals surface area contributed by atoms with Crippen molar-refractivity contribution in [2.75, 3.05) is 6.54 Å². The molecular formula is C12H14N2O3. The van der Waals surface area contributed by atoms with Crippen LogP contribution in [-0.2, 0) is 9.59 Å². The Morgan fingerprint density at radius 2 is 2.29 bits per heavy atom. The van der Waals surface area contributed by atoms with Gasteiger partial charge in [-0.15, -0.1) is 0 Å². The van der Waals surface area contributed by atoms with Crippen molar-refractivity contribution in [3.05, 3.63) is 36.2 Å². The molecule has 17 heavy (non-hydrogen) atoms. The fraction of sp³-hybridized carbons (Fsp3) is 0.333. The summed E-state index contributed by atoms with van der Waals surface area (Å²) in [5, 5.41) is 8.49. The molecule has 90 valence electrons. The van der Waals surface area contributed by atoms with Crippen LogP contribution < -0.4 is 0 Å². The molecule has 1 aliphatic heterocycles. The molecule has 1 aromatic rings. The molecule has 2 N–H and O–H groups in total. The lowest BCUT2D eigenvalue weighted by atomic mass is 10.1. The summed E-state index contributed by atoms with van der Waals surface area (Å²) in [6.07, 6.45) is 5.67. The number of nitrogens with one attached hydrogen (secondary N) is 1. The van der Waals surface area contributed by atoms with E-state index in [4.69, 9.17) is 5.11 Å². The molecule has 0 aromatic carbocycles. The van der Waals surface area contributed by atoms with Crippen LogP contribution in [0.15, 0.2) is 30.5 Å². The third kappa shape index (κ3) is 2.55. The van der Waals surface area contributed by atoms with Crippen molar-refractivity contribution in [2.45, 2.75) is 18.9 Å². The Hall–Kier alpha value is -2.04. The number of amides is 1. The minimum Gasteiger partial charge on any atom is -0.478 e. The molecule has 1 fully saturated rings. The number of hydrogen-bond donors (Lipinski definition) is 2. The lowest BCUT2D eigenvalue weighted by Gasteiger charge is -2.22. The van der Waals surface area contributed by atoms with E-state index in [0.29, 0.717) is 6.54 Å². The van der Waals surface area contributed by atoms with Gasteiger partial charge in [0.1, 0.15) is 0 Å². The van der Waals surface area contributed by atoms with E-state index >= 15 is 0 Å². The van der Waals surface area contributed by atoms with Gasteiger partial charge in [0, 0.05) is 30.6 Å². The molecule has 1 atom stereocenters. The first-order valence-corrected chi connectivity index (χ1v) is 5.53. The SMILES string of the molecule is O=C(O)/C=C/C(=O)N1CCCC1c1ccc[nH]1. The molecule has 1 unspecified atom stereocenters. The number of rotatable bonds is 3. The summed E-state index contributed by atoms with van der Waals surface area (Å²) < 4.78 is 0. The van der Waals surface area contributed by atoms with Gasteiger partial charge in [-0.2, -0.15) is 0 Å². The van der Waals surface area contributed by atoms with E-state index in [9.17, 15) is 9.59 Å². The lowest BCUT2D eigenvalue weighted by molar-refractivity contribution is -0.132. The van der Waals surface area contributed by atoms with Crippen molar-refractivity contribution in [2.24, 2.45) is 0 Å². The highest BCUT2D eigenvalue weighted by Crippen LogP contribution is 2.30. The fourth-order valence-corrected chi connectivity index (χ4v) is 2.14. The molecular weight excluding hydrogens is 220 g/mol. The predicted molar refractivity (Wildman–Crippen MR) is 61.3 cm³/mol. The zero-order chi connectivity index (χ0) is 12.3. The summed E-state index contributed by atoms with van der Waals surface area (Å²) in [5.41, 5.74) is 1.000. The smallest absolute Gasteiger partial charge is 0.328 e. The second-order valence-electron chi connectivity index (χ2n) is 3.99. The summed E-state index contributed by atoms with van der Waals surface area (Å²) >= 11 is 0. The third-order valence-corrected chi connectivity index (χ3v) is 2.89. The molecule has 0 saturated carbocycles. The summed E-state index contributed by atoms with van der Waals surface area (Å²) in [4.78, 5) is 27.0. The quantitative estimate of drug-likeness (QED) is 0.774. The number of H-pyrrole nitrogens is 1. The van der Waals surface area contributed by atoms with Crippen LogP contribution in [0.25, 0.3) is 0 Å². The number of aromatic amines is 1. The van der Waals surface area contributed by atoms with Gasteiger partial charge in [-0.3, -0.25) is 4.79 Å². The first-order chi connectivity index (χ1) is 8.18. The number of carbonyl (C=O) groups is 2. The number of hydrogen-bond acceptors (Lipinski definition) is 2. The van der Waals surface area contributed by atoms with E-state index in [0.717, 1.165) is 30.7 Å². The molecule has 0 aliphatic carbocycles. The molecule has 1 aromatic heterocycles. The summed E-state index contributed by atoms with van der Waals surface area (Å²) in [6, 6.07) is 3.87. The Bertz CT molecular complexity index is 437. The zero-order valence-corrected chi connectivity index (χ0v) is 9.30. The zero-order valence-electron chi connectivity index (χ0n) is 9.30. The number of aromatic nitrogens is 1. The molecule has 2 rings (SSSR count). The lowest BCUT2D eigenvalue weighted by Crippen LogP contribution is -2.29. The Balaban J connectivity index is 2.10. The van der Waals surface area contributed by atoms with Crippen molar-refractivity contribution < 1.29 is 14.7 Å². The summed E-state index contributed by atoms with van der Waals surface area (Å²) in [6.45, 7) is 0.673. The fourth-order valence-electron chi connectivity index (χ4n) is 2.14. The molecule has 1 aliphatic rings. The average molecular weight is 234 g/mol. The average Bonchev–Trinajstić information content (AvgIpc) is 2.94. The van der Waals surface area contributed by atoms with Gasteiger partial charge in [0.05, 0.1) is 6.04 Å². The molecule has 1 saturated heterocycles. The summed E-state index contributed by atoms with van der Waals surface area (Å²) in [7, 11) is 0. The third-order valence-electron chi connectivity index (χ3n) is 2.89. The number of carbonyl (C=O) groups excluding carboxylic acids is 1. The van der Waals surface area contributed by atoms with Crippen LogP contribution in [0, 0.1) is 0 Å². The first-order valence-electron chi connectivity index (χ1n) is 5.53. The minimum atomic E-state index is -1.10. The van der Waals surface area contributed by atoms with E-state index in [-0.39, 0.29) is 11.9 Å². The molecule has 2 heterocycles. The maximum atomic E-state index is 11.8. The second-order valence-corrected chi connectivity index (χ2v) is 3.99. The Labute approximate surface area is 98.7 Å². The maximum Gasteiger partial charge on any atom is 0.328 e. The van der Waals surface area contributed by atoms with Gasteiger partial charge in [0.2, 0.25) is 5.91 Å². The normalized spacial score (nSPS) is 20.0. The number of nitrogens with zero attached hydrogens (tertiary/aromatic N) is 1. The molecule has 1 amide bonds. The first kappa shape index (κ1) is 11.4. The highest BCUT2D eigenvalue weighted by molar-refractivity contribution is 5.94. The van der Waals surface area contributed by atoms with Gasteiger partial charge in [-0.1, -0.05) is 0 Å². The number of likely N-dealkylation sites (tertiary alicyclic amines) is 1. The Morgan fingerprint density at radius 3 is 2.94 bits per heavy atom. The van der Waals surface area contributed by atoms with E-state index in [2.05, 4.69) is 4.98 Å². The van der Waals surface area contributed by atoms with Crippen molar-refractivity contribution in [1.82, 2.24) is 9.88 Å². The molecule has 0 bridgehead atoms. The highest BCUT2D eigenvalue weighted by atomic mass is 16.4. The standard InChI is InChI=1S/C12H14N2O3/c15-11(5-6-12(16)17)14-8-2-4-10(14)9-3-1-7-13-9/h1,3,5-7,10,13H,2,4,8H2,(H,16,17)/b6-5+. The van der Waals surface area contributed by atoms with Crippen LogP contribution in [0.3, 0.4) is 0 Å². The molecule has 5 heteroatoms. The predicted octanol–water partition coefficient (Wildman–Crippen LogP) is 1.32. The maximum absolute atomic E-state index is 11.8. The largest absolute Gasteiger partial charge is 0.478 e. The van der Waals surface area contributed by atoms with Crippen LogP contribution in [0.4, 0.5) is 0 Å². The summed E-state index contributed by atoms with van der Waals surface area (Å²) in [5.74, 6) is -1.35. The van der Waals surface area contributed by atoms with Crippen LogP contribution >= 0.6 is 0 Å². The Kier molecular flexibility index (Phi) is 3.27. The Morgan fingerprint density at radius 1 is 1.47 bits per heavy atom.